The predicted octanol–water partition coefficient (Wildman–Crippen LogP) is 3.72. The average molecular weight is 207 g/mol. The molecular weight excluding hydrogens is 191 g/mol. The maximum absolute atomic E-state index is 13.5. The van der Waals surface area contributed by atoms with Gasteiger partial charge in [-0.05, 0) is 38.5 Å². The van der Waals surface area contributed by atoms with Gasteiger partial charge in [0.2, 0.25) is 0 Å². The molecule has 0 heterocycles. The SMILES string of the molecule is [CH2]C(C=C)c1ccc(OC(C)C)c(F)c1. The Kier molecular flexibility index (Phi) is 3.89. The Hall–Kier alpha value is -1.31. The minimum atomic E-state index is -0.350. The van der Waals surface area contributed by atoms with Gasteiger partial charge in [0.1, 0.15) is 0 Å². The van der Waals surface area contributed by atoms with Crippen molar-refractivity contribution in [2.24, 2.45) is 0 Å². The Balaban J connectivity index is 2.92. The van der Waals surface area contributed by atoms with Crippen LogP contribution in [0.2, 0.25) is 0 Å². The van der Waals surface area contributed by atoms with Crippen LogP contribution in [-0.2, 0) is 0 Å². The summed E-state index contributed by atoms with van der Waals surface area (Å²) >= 11 is 0. The summed E-state index contributed by atoms with van der Waals surface area (Å²) in [6, 6.07) is 4.88. The standard InChI is InChI=1S/C13H16FO/c1-5-10(4)11-6-7-13(12(14)8-11)15-9(2)3/h5-10H,1,4H2,2-3H3. The number of hydrogen-bond donors (Lipinski definition) is 0. The summed E-state index contributed by atoms with van der Waals surface area (Å²) in [4.78, 5) is 0. The smallest absolute Gasteiger partial charge is 0.165 e. The van der Waals surface area contributed by atoms with E-state index in [0.717, 1.165) is 5.56 Å². The van der Waals surface area contributed by atoms with Crippen LogP contribution in [0.3, 0.4) is 0 Å². The zero-order valence-electron chi connectivity index (χ0n) is 9.16. The van der Waals surface area contributed by atoms with Crippen LogP contribution >= 0.6 is 0 Å². The Bertz CT molecular complexity index is 344. The van der Waals surface area contributed by atoms with Crippen molar-refractivity contribution in [3.05, 3.63) is 49.2 Å². The molecule has 2 heteroatoms. The summed E-state index contributed by atoms with van der Waals surface area (Å²) in [7, 11) is 0. The van der Waals surface area contributed by atoms with E-state index < -0.39 is 0 Å². The first kappa shape index (κ1) is 11.8. The first-order chi connectivity index (χ1) is 7.04. The zero-order valence-corrected chi connectivity index (χ0v) is 9.16. The van der Waals surface area contributed by atoms with Crippen molar-refractivity contribution >= 4 is 0 Å². The molecule has 0 fully saturated rings. The molecule has 0 N–H and O–H groups in total. The van der Waals surface area contributed by atoms with Crippen LogP contribution in [0.4, 0.5) is 4.39 Å². The Morgan fingerprint density at radius 2 is 2.07 bits per heavy atom. The van der Waals surface area contributed by atoms with Gasteiger partial charge in [0.15, 0.2) is 11.6 Å². The zero-order chi connectivity index (χ0) is 11.4. The Labute approximate surface area is 90.6 Å². The van der Waals surface area contributed by atoms with Crippen LogP contribution in [-0.4, -0.2) is 6.10 Å². The lowest BCUT2D eigenvalue weighted by Crippen LogP contribution is -2.07. The summed E-state index contributed by atoms with van der Waals surface area (Å²) in [5.74, 6) is -0.158. The van der Waals surface area contributed by atoms with Crippen molar-refractivity contribution in [2.75, 3.05) is 0 Å². The second kappa shape index (κ2) is 4.96. The third-order valence-corrected chi connectivity index (χ3v) is 2.03. The number of hydrogen-bond acceptors (Lipinski definition) is 1. The summed E-state index contributed by atoms with van der Waals surface area (Å²) in [5, 5.41) is 0. The molecule has 0 bridgehead atoms. The van der Waals surface area contributed by atoms with Gasteiger partial charge < -0.3 is 4.74 Å². The maximum atomic E-state index is 13.5. The maximum Gasteiger partial charge on any atom is 0.165 e. The highest BCUT2D eigenvalue weighted by molar-refractivity contribution is 5.33. The van der Waals surface area contributed by atoms with Gasteiger partial charge in [0.25, 0.3) is 0 Å². The minimum Gasteiger partial charge on any atom is -0.488 e. The first-order valence-corrected chi connectivity index (χ1v) is 4.96. The third-order valence-electron chi connectivity index (χ3n) is 2.03. The van der Waals surface area contributed by atoms with Crippen LogP contribution in [0, 0.1) is 12.7 Å². The molecule has 0 aliphatic heterocycles. The number of halogens is 1. The quantitative estimate of drug-likeness (QED) is 0.684. The van der Waals surface area contributed by atoms with Gasteiger partial charge in [-0.2, -0.15) is 0 Å². The third kappa shape index (κ3) is 3.08. The lowest BCUT2D eigenvalue weighted by molar-refractivity contribution is 0.231. The van der Waals surface area contributed by atoms with Gasteiger partial charge in [-0.1, -0.05) is 12.1 Å². The van der Waals surface area contributed by atoms with Crippen LogP contribution in [0.15, 0.2) is 30.9 Å². The summed E-state index contributed by atoms with van der Waals surface area (Å²) in [6.45, 7) is 11.2. The van der Waals surface area contributed by atoms with E-state index in [0.29, 0.717) is 0 Å². The predicted molar refractivity (Wildman–Crippen MR) is 60.5 cm³/mol. The van der Waals surface area contributed by atoms with Gasteiger partial charge in [-0.15, -0.1) is 6.58 Å². The van der Waals surface area contributed by atoms with Crippen molar-refractivity contribution in [1.82, 2.24) is 0 Å². The normalized spacial score (nSPS) is 12.6. The van der Waals surface area contributed by atoms with E-state index in [2.05, 4.69) is 13.5 Å². The van der Waals surface area contributed by atoms with Crippen LogP contribution in [0.25, 0.3) is 0 Å². The molecule has 1 radical (unpaired) electrons. The van der Waals surface area contributed by atoms with E-state index in [1.165, 1.54) is 6.07 Å². The van der Waals surface area contributed by atoms with E-state index in [-0.39, 0.29) is 23.6 Å². The van der Waals surface area contributed by atoms with Gasteiger partial charge in [0, 0.05) is 5.92 Å². The second-order valence-corrected chi connectivity index (χ2v) is 3.70. The van der Waals surface area contributed by atoms with Crippen molar-refractivity contribution in [1.29, 1.82) is 0 Å². The highest BCUT2D eigenvalue weighted by atomic mass is 19.1. The molecule has 1 rings (SSSR count). The van der Waals surface area contributed by atoms with E-state index in [4.69, 9.17) is 4.74 Å². The van der Waals surface area contributed by atoms with Crippen LogP contribution in [0.5, 0.6) is 5.75 Å². The van der Waals surface area contributed by atoms with Crippen LogP contribution < -0.4 is 4.74 Å². The van der Waals surface area contributed by atoms with E-state index in [1.54, 1.807) is 18.2 Å². The molecule has 1 aromatic rings. The van der Waals surface area contributed by atoms with E-state index in [1.807, 2.05) is 13.8 Å². The fourth-order valence-corrected chi connectivity index (χ4v) is 1.23. The lowest BCUT2D eigenvalue weighted by atomic mass is 10.0. The lowest BCUT2D eigenvalue weighted by Gasteiger charge is -2.12. The second-order valence-electron chi connectivity index (χ2n) is 3.70. The monoisotopic (exact) mass is 207 g/mol. The molecule has 15 heavy (non-hydrogen) atoms. The Morgan fingerprint density at radius 1 is 1.40 bits per heavy atom. The minimum absolute atomic E-state index is 0.0275. The largest absolute Gasteiger partial charge is 0.488 e. The molecule has 0 saturated carbocycles. The fourth-order valence-electron chi connectivity index (χ4n) is 1.23. The molecule has 0 spiro atoms. The fraction of sp³-hybridized carbons (Fsp3) is 0.308. The number of benzene rings is 1. The van der Waals surface area contributed by atoms with Crippen molar-refractivity contribution in [2.45, 2.75) is 25.9 Å². The topological polar surface area (TPSA) is 9.23 Å². The molecule has 0 saturated heterocycles. The summed E-state index contributed by atoms with van der Waals surface area (Å²) < 4.78 is 18.8. The highest BCUT2D eigenvalue weighted by Crippen LogP contribution is 2.24. The number of ether oxygens (including phenoxy) is 1. The van der Waals surface area contributed by atoms with Crippen molar-refractivity contribution in [3.63, 3.8) is 0 Å². The Morgan fingerprint density at radius 3 is 2.53 bits per heavy atom. The van der Waals surface area contributed by atoms with Gasteiger partial charge >= 0.3 is 0 Å². The molecule has 0 aliphatic carbocycles. The van der Waals surface area contributed by atoms with Gasteiger partial charge in [-0.3, -0.25) is 0 Å². The van der Waals surface area contributed by atoms with Gasteiger partial charge in [-0.25, -0.2) is 4.39 Å². The molecule has 0 amide bonds. The molecular formula is C13H16FO. The molecule has 1 nitrogen and oxygen atoms in total. The molecule has 1 unspecified atom stereocenters. The molecule has 1 atom stereocenters. The number of allylic oxidation sites excluding steroid dienone is 1. The average Bonchev–Trinajstić information content (AvgIpc) is 2.19. The van der Waals surface area contributed by atoms with E-state index in [9.17, 15) is 4.39 Å². The highest BCUT2D eigenvalue weighted by Gasteiger charge is 2.08. The van der Waals surface area contributed by atoms with Crippen molar-refractivity contribution < 1.29 is 9.13 Å². The van der Waals surface area contributed by atoms with Gasteiger partial charge in [0.05, 0.1) is 6.10 Å². The molecule has 81 valence electrons. The summed E-state index contributed by atoms with van der Waals surface area (Å²) in [6.07, 6.45) is 1.65. The van der Waals surface area contributed by atoms with Crippen molar-refractivity contribution in [3.8, 4) is 5.75 Å². The first-order valence-electron chi connectivity index (χ1n) is 4.96. The summed E-state index contributed by atoms with van der Waals surface area (Å²) in [5.41, 5.74) is 0.804. The molecule has 0 aliphatic rings. The number of rotatable bonds is 4. The van der Waals surface area contributed by atoms with E-state index >= 15 is 0 Å². The van der Waals surface area contributed by atoms with Crippen LogP contribution in [0.1, 0.15) is 25.3 Å². The molecule has 1 aromatic carbocycles. The molecule has 0 aromatic heterocycles.